The second kappa shape index (κ2) is 8.87. The van der Waals surface area contributed by atoms with Gasteiger partial charge in [0.1, 0.15) is 21.8 Å². The van der Waals surface area contributed by atoms with Gasteiger partial charge in [-0.25, -0.2) is 9.97 Å². The fraction of sp³-hybridized carbons (Fsp3) is 0.296. The topological polar surface area (TPSA) is 67.8 Å². The Morgan fingerprint density at radius 2 is 1.87 bits per heavy atom. The maximum absolute atomic E-state index is 13.2. The summed E-state index contributed by atoms with van der Waals surface area (Å²) < 4.78 is 50.8. The lowest BCUT2D eigenvalue weighted by Crippen LogP contribution is -2.36. The van der Waals surface area contributed by atoms with Gasteiger partial charge in [-0.2, -0.15) is 13.2 Å². The molecule has 4 aromatic rings. The molecular weight excluding hydrogens is 517 g/mol. The molecule has 0 bridgehead atoms. The van der Waals surface area contributed by atoms with Gasteiger partial charge in [-0.1, -0.05) is 17.4 Å². The van der Waals surface area contributed by atoms with Crippen LogP contribution in [0.25, 0.3) is 10.3 Å². The van der Waals surface area contributed by atoms with Crippen molar-refractivity contribution >= 4 is 38.4 Å². The molecule has 4 heterocycles. The summed E-state index contributed by atoms with van der Waals surface area (Å²) in [6.45, 7) is 3.33. The second-order valence-corrected chi connectivity index (χ2v) is 10.5. The predicted octanol–water partition coefficient (Wildman–Crippen LogP) is 6.15. The quantitative estimate of drug-likeness (QED) is 0.309. The highest BCUT2D eigenvalue weighted by Gasteiger charge is 2.49. The molecule has 1 saturated heterocycles. The van der Waals surface area contributed by atoms with Crippen molar-refractivity contribution in [1.82, 2.24) is 14.9 Å². The van der Waals surface area contributed by atoms with Crippen molar-refractivity contribution < 1.29 is 27.4 Å². The Balaban J connectivity index is 1.39. The zero-order valence-corrected chi connectivity index (χ0v) is 21.4. The summed E-state index contributed by atoms with van der Waals surface area (Å²) in [5.41, 5.74) is 1.53. The van der Waals surface area contributed by atoms with Crippen LogP contribution in [0.5, 0.6) is 17.4 Å². The number of pyridine rings is 1. The van der Waals surface area contributed by atoms with Crippen LogP contribution in [0.1, 0.15) is 24.5 Å². The number of likely N-dealkylation sites (tertiary alicyclic amines) is 1. The number of aromatic nitrogens is 2. The third-order valence-corrected chi connectivity index (χ3v) is 8.13. The molecule has 1 fully saturated rings. The average Bonchev–Trinajstić information content (AvgIpc) is 3.59. The van der Waals surface area contributed by atoms with Crippen molar-refractivity contribution in [2.45, 2.75) is 24.9 Å². The Morgan fingerprint density at radius 3 is 2.61 bits per heavy atom. The number of nitrogens with zero attached hydrogens (tertiary/aromatic N) is 4. The van der Waals surface area contributed by atoms with E-state index < -0.39 is 11.7 Å². The monoisotopic (exact) mass is 540 g/mol. The molecule has 2 aromatic heterocycles. The Bertz CT molecular complexity index is 1560. The van der Waals surface area contributed by atoms with Gasteiger partial charge in [0.15, 0.2) is 5.13 Å². The molecule has 1 atom stereocenters. The summed E-state index contributed by atoms with van der Waals surface area (Å²) in [7, 11) is 1.57. The van der Waals surface area contributed by atoms with Gasteiger partial charge in [-0.3, -0.25) is 4.79 Å². The number of amides is 1. The molecule has 6 rings (SSSR count). The number of hydrogen-bond donors (Lipinski definition) is 0. The standard InChI is InChI=1S/C27H23F3N4O3S/c1-16(35)33-11-10-26(14-33)15-34(25-31-21-7-9-23(36-2)32-24(21)38-25)22-8-6-19(13-20(22)26)37-18-5-3-4-17(12-18)27(28,29)30/h3-9,12-13H,10-11,14-15H2,1-2H3. The molecule has 0 aliphatic carbocycles. The first-order valence-electron chi connectivity index (χ1n) is 12.0. The SMILES string of the molecule is COc1ccc2nc(N3CC4(CCN(C(C)=O)C4)c4cc(Oc5cccc(C(F)(F)F)c5)ccc43)sc2n1. The molecule has 0 radical (unpaired) electrons. The maximum atomic E-state index is 13.2. The highest BCUT2D eigenvalue weighted by Crippen LogP contribution is 2.51. The van der Waals surface area contributed by atoms with Gasteiger partial charge in [-0.05, 0) is 54.4 Å². The molecule has 1 spiro atoms. The van der Waals surface area contributed by atoms with Gasteiger partial charge >= 0.3 is 6.18 Å². The number of anilines is 2. The summed E-state index contributed by atoms with van der Waals surface area (Å²) in [6.07, 6.45) is -3.71. The first kappa shape index (κ1) is 24.5. The average molecular weight is 541 g/mol. The summed E-state index contributed by atoms with van der Waals surface area (Å²) in [4.78, 5) is 26.2. The number of fused-ring (bicyclic) bond motifs is 3. The van der Waals surface area contributed by atoms with Crippen molar-refractivity contribution in [2.75, 3.05) is 31.6 Å². The minimum Gasteiger partial charge on any atom is -0.481 e. The van der Waals surface area contributed by atoms with Crippen molar-refractivity contribution in [2.24, 2.45) is 0 Å². The summed E-state index contributed by atoms with van der Waals surface area (Å²) >= 11 is 1.45. The fourth-order valence-electron chi connectivity index (χ4n) is 5.26. The van der Waals surface area contributed by atoms with Gasteiger partial charge in [0.05, 0.1) is 12.7 Å². The zero-order chi connectivity index (χ0) is 26.7. The summed E-state index contributed by atoms with van der Waals surface area (Å²) in [5, 5.41) is 0.770. The Labute approximate surface area is 220 Å². The molecule has 196 valence electrons. The Kier molecular flexibility index (Phi) is 5.71. The molecule has 0 saturated carbocycles. The van der Waals surface area contributed by atoms with Crippen LogP contribution in [-0.2, 0) is 16.4 Å². The van der Waals surface area contributed by atoms with Crippen LogP contribution in [0.3, 0.4) is 0 Å². The van der Waals surface area contributed by atoms with Crippen LogP contribution < -0.4 is 14.4 Å². The number of rotatable bonds is 4. The lowest BCUT2D eigenvalue weighted by atomic mass is 9.81. The van der Waals surface area contributed by atoms with Crippen LogP contribution in [0.4, 0.5) is 24.0 Å². The third-order valence-electron chi connectivity index (χ3n) is 7.15. The van der Waals surface area contributed by atoms with E-state index in [9.17, 15) is 18.0 Å². The molecule has 2 aromatic carbocycles. The van der Waals surface area contributed by atoms with E-state index in [1.165, 1.54) is 23.5 Å². The van der Waals surface area contributed by atoms with Crippen LogP contribution in [-0.4, -0.2) is 47.5 Å². The number of ether oxygens (including phenoxy) is 2. The van der Waals surface area contributed by atoms with Crippen LogP contribution in [0.15, 0.2) is 54.6 Å². The zero-order valence-electron chi connectivity index (χ0n) is 20.6. The van der Waals surface area contributed by atoms with Gasteiger partial charge in [0.25, 0.3) is 0 Å². The molecule has 2 aliphatic heterocycles. The van der Waals surface area contributed by atoms with Gasteiger partial charge in [0, 0.05) is 43.7 Å². The fourth-order valence-corrected chi connectivity index (χ4v) is 6.21. The van der Waals surface area contributed by atoms with Crippen molar-refractivity contribution in [3.63, 3.8) is 0 Å². The van der Waals surface area contributed by atoms with E-state index in [0.29, 0.717) is 31.3 Å². The first-order chi connectivity index (χ1) is 18.1. The summed E-state index contributed by atoms with van der Waals surface area (Å²) in [6, 6.07) is 14.0. The van der Waals surface area contributed by atoms with E-state index >= 15 is 0 Å². The van der Waals surface area contributed by atoms with Gasteiger partial charge in [-0.15, -0.1) is 0 Å². The Hall–Kier alpha value is -3.86. The van der Waals surface area contributed by atoms with Crippen LogP contribution >= 0.6 is 11.3 Å². The maximum Gasteiger partial charge on any atom is 0.416 e. The number of carbonyl (C=O) groups is 1. The van der Waals surface area contributed by atoms with Crippen LogP contribution in [0.2, 0.25) is 0 Å². The van der Waals surface area contributed by atoms with E-state index in [1.807, 2.05) is 23.1 Å². The predicted molar refractivity (Wildman–Crippen MR) is 137 cm³/mol. The Morgan fingerprint density at radius 1 is 1.05 bits per heavy atom. The molecule has 38 heavy (non-hydrogen) atoms. The minimum atomic E-state index is -4.46. The van der Waals surface area contributed by atoms with Crippen LogP contribution in [0, 0.1) is 0 Å². The van der Waals surface area contributed by atoms with E-state index in [1.54, 1.807) is 26.2 Å². The highest BCUT2D eigenvalue weighted by atomic mass is 32.1. The largest absolute Gasteiger partial charge is 0.481 e. The molecule has 1 amide bonds. The first-order valence-corrected chi connectivity index (χ1v) is 12.8. The number of methoxy groups -OCH3 is 1. The van der Waals surface area contributed by atoms with Crippen molar-refractivity contribution in [3.05, 3.63) is 65.7 Å². The molecule has 1 unspecified atom stereocenters. The van der Waals surface area contributed by atoms with Crippen molar-refractivity contribution in [1.29, 1.82) is 0 Å². The number of thiazole rings is 1. The van der Waals surface area contributed by atoms with Gasteiger partial charge in [0.2, 0.25) is 11.8 Å². The van der Waals surface area contributed by atoms with E-state index in [4.69, 9.17) is 14.5 Å². The number of carbonyl (C=O) groups excluding carboxylic acids is 1. The lowest BCUT2D eigenvalue weighted by Gasteiger charge is -2.25. The second-order valence-electron chi connectivity index (χ2n) is 9.54. The molecule has 7 nitrogen and oxygen atoms in total. The molecule has 0 N–H and O–H groups in total. The number of benzene rings is 2. The normalized spacial score (nSPS) is 18.9. The number of hydrogen-bond acceptors (Lipinski definition) is 7. The molecule has 11 heteroatoms. The highest BCUT2D eigenvalue weighted by molar-refractivity contribution is 7.21. The molecule has 2 aliphatic rings. The smallest absolute Gasteiger partial charge is 0.416 e. The molecular formula is C27H23F3N4O3S. The van der Waals surface area contributed by atoms with E-state index in [2.05, 4.69) is 9.88 Å². The lowest BCUT2D eigenvalue weighted by molar-refractivity contribution is -0.137. The minimum absolute atomic E-state index is 0.00882. The number of alkyl halides is 3. The van der Waals surface area contributed by atoms with Gasteiger partial charge < -0.3 is 19.3 Å². The third kappa shape index (κ3) is 4.20. The van der Waals surface area contributed by atoms with E-state index in [0.717, 1.165) is 45.3 Å². The summed E-state index contributed by atoms with van der Waals surface area (Å²) in [5.74, 6) is 1.05. The number of halogens is 3. The van der Waals surface area contributed by atoms with Crippen molar-refractivity contribution in [3.8, 4) is 17.4 Å². The van der Waals surface area contributed by atoms with E-state index in [-0.39, 0.29) is 17.1 Å².